The summed E-state index contributed by atoms with van der Waals surface area (Å²) in [7, 11) is 0. The Labute approximate surface area is 132 Å². The van der Waals surface area contributed by atoms with Crippen LogP contribution in [0.5, 0.6) is 0 Å². The molecule has 5 rings (SSSR count). The second-order valence-corrected chi connectivity index (χ2v) is 8.62. The van der Waals surface area contributed by atoms with Crippen LogP contribution in [0.1, 0.15) is 58.3 Å². The summed E-state index contributed by atoms with van der Waals surface area (Å²) < 4.78 is 0. The predicted octanol–water partition coefficient (Wildman–Crippen LogP) is 2.91. The van der Waals surface area contributed by atoms with Crippen LogP contribution in [-0.2, 0) is 9.59 Å². The molecule has 22 heavy (non-hydrogen) atoms. The number of hydrogen-bond donors (Lipinski definition) is 1. The van der Waals surface area contributed by atoms with E-state index in [4.69, 9.17) is 0 Å². The van der Waals surface area contributed by atoms with Gasteiger partial charge >= 0.3 is 5.97 Å². The standard InChI is InChI=1S/C18H27NO3/c1-11-2-3-15(16(20)21)10-19(11)17(22)18-7-12-4-13(8-18)6-14(5-12)9-18/h11-15H,2-10H2,1H3,(H,20,21). The molecule has 5 aliphatic rings. The lowest BCUT2D eigenvalue weighted by Crippen LogP contribution is -2.58. The molecule has 2 atom stereocenters. The first-order valence-corrected chi connectivity index (χ1v) is 9.01. The van der Waals surface area contributed by atoms with Crippen molar-refractivity contribution in [1.29, 1.82) is 0 Å². The molecule has 4 nitrogen and oxygen atoms in total. The number of carbonyl (C=O) groups excluding carboxylic acids is 1. The quantitative estimate of drug-likeness (QED) is 0.853. The van der Waals surface area contributed by atoms with Crippen LogP contribution in [-0.4, -0.2) is 34.5 Å². The summed E-state index contributed by atoms with van der Waals surface area (Å²) in [5, 5.41) is 9.32. The third-order valence-corrected chi connectivity index (χ3v) is 6.98. The van der Waals surface area contributed by atoms with Gasteiger partial charge in [-0.3, -0.25) is 9.59 Å². The van der Waals surface area contributed by atoms with E-state index in [1.807, 2.05) is 4.90 Å². The number of hydrogen-bond acceptors (Lipinski definition) is 2. The smallest absolute Gasteiger partial charge is 0.308 e. The lowest BCUT2D eigenvalue weighted by atomic mass is 9.49. The van der Waals surface area contributed by atoms with E-state index in [2.05, 4.69) is 6.92 Å². The van der Waals surface area contributed by atoms with Gasteiger partial charge in [0.25, 0.3) is 0 Å². The van der Waals surface area contributed by atoms with Crippen LogP contribution < -0.4 is 0 Å². The number of rotatable bonds is 2. The number of carboxylic acids is 1. The van der Waals surface area contributed by atoms with Gasteiger partial charge < -0.3 is 10.0 Å². The Balaban J connectivity index is 1.56. The molecule has 0 aromatic rings. The molecule has 2 unspecified atom stereocenters. The molecule has 1 heterocycles. The Hall–Kier alpha value is -1.06. The van der Waals surface area contributed by atoms with Crippen LogP contribution in [0.15, 0.2) is 0 Å². The minimum Gasteiger partial charge on any atom is -0.481 e. The summed E-state index contributed by atoms with van der Waals surface area (Å²) in [6.45, 7) is 2.52. The molecule has 1 aliphatic heterocycles. The van der Waals surface area contributed by atoms with Crippen molar-refractivity contribution in [2.24, 2.45) is 29.1 Å². The van der Waals surface area contributed by atoms with Gasteiger partial charge in [-0.05, 0) is 76.0 Å². The van der Waals surface area contributed by atoms with Gasteiger partial charge in [0.15, 0.2) is 0 Å². The number of nitrogens with zero attached hydrogens (tertiary/aromatic N) is 1. The van der Waals surface area contributed by atoms with Crippen LogP contribution in [0.25, 0.3) is 0 Å². The number of likely N-dealkylation sites (tertiary alicyclic amines) is 1. The lowest BCUT2D eigenvalue weighted by Gasteiger charge is -2.57. The Morgan fingerprint density at radius 2 is 1.55 bits per heavy atom. The third kappa shape index (κ3) is 2.17. The van der Waals surface area contributed by atoms with Gasteiger partial charge in [-0.15, -0.1) is 0 Å². The largest absolute Gasteiger partial charge is 0.481 e. The van der Waals surface area contributed by atoms with Crippen molar-refractivity contribution in [2.45, 2.75) is 64.3 Å². The average Bonchev–Trinajstić information content (AvgIpc) is 2.45. The molecule has 0 aromatic heterocycles. The molecule has 1 amide bonds. The maximum atomic E-state index is 13.4. The Bertz CT molecular complexity index is 465. The van der Waals surface area contributed by atoms with Gasteiger partial charge in [-0.25, -0.2) is 0 Å². The zero-order valence-electron chi connectivity index (χ0n) is 13.5. The number of amides is 1. The molecule has 4 aliphatic carbocycles. The normalized spacial score (nSPS) is 46.8. The molecule has 4 heteroatoms. The Kier molecular flexibility index (Phi) is 3.28. The fourth-order valence-corrected chi connectivity index (χ4v) is 6.27. The number of carbonyl (C=O) groups is 2. The molecular formula is C18H27NO3. The fourth-order valence-electron chi connectivity index (χ4n) is 6.27. The highest BCUT2D eigenvalue weighted by atomic mass is 16.4. The van der Waals surface area contributed by atoms with Gasteiger partial charge in [-0.1, -0.05) is 0 Å². The molecule has 4 bridgehead atoms. The van der Waals surface area contributed by atoms with Crippen LogP contribution >= 0.6 is 0 Å². The van der Waals surface area contributed by atoms with Crippen molar-refractivity contribution in [1.82, 2.24) is 4.90 Å². The van der Waals surface area contributed by atoms with E-state index in [1.54, 1.807) is 0 Å². The highest BCUT2D eigenvalue weighted by Gasteiger charge is 2.56. The van der Waals surface area contributed by atoms with E-state index in [0.717, 1.165) is 43.4 Å². The van der Waals surface area contributed by atoms with Crippen LogP contribution in [0.3, 0.4) is 0 Å². The van der Waals surface area contributed by atoms with Gasteiger partial charge in [0.1, 0.15) is 0 Å². The van der Waals surface area contributed by atoms with Crippen molar-refractivity contribution in [2.75, 3.05) is 6.54 Å². The van der Waals surface area contributed by atoms with Crippen LogP contribution in [0, 0.1) is 29.1 Å². The summed E-state index contributed by atoms with van der Waals surface area (Å²) in [5.74, 6) is 1.45. The van der Waals surface area contributed by atoms with E-state index in [0.29, 0.717) is 18.9 Å². The second-order valence-electron chi connectivity index (χ2n) is 8.62. The third-order valence-electron chi connectivity index (χ3n) is 6.98. The first-order valence-electron chi connectivity index (χ1n) is 9.01. The molecule has 0 radical (unpaired) electrons. The topological polar surface area (TPSA) is 57.6 Å². The molecule has 1 N–H and O–H groups in total. The highest BCUT2D eigenvalue weighted by Crippen LogP contribution is 2.60. The average molecular weight is 305 g/mol. The zero-order chi connectivity index (χ0) is 15.5. The number of aliphatic carboxylic acids is 1. The highest BCUT2D eigenvalue weighted by molar-refractivity contribution is 5.84. The Morgan fingerprint density at radius 1 is 1.00 bits per heavy atom. The van der Waals surface area contributed by atoms with Gasteiger partial charge in [0.05, 0.1) is 11.3 Å². The van der Waals surface area contributed by atoms with Crippen molar-refractivity contribution in [3.63, 3.8) is 0 Å². The lowest BCUT2D eigenvalue weighted by molar-refractivity contribution is -0.164. The van der Waals surface area contributed by atoms with E-state index in [9.17, 15) is 14.7 Å². The second kappa shape index (κ2) is 4.97. The van der Waals surface area contributed by atoms with Crippen LogP contribution in [0.2, 0.25) is 0 Å². The summed E-state index contributed by atoms with van der Waals surface area (Å²) in [6.07, 6.45) is 8.74. The molecule has 4 saturated carbocycles. The summed E-state index contributed by atoms with van der Waals surface area (Å²) >= 11 is 0. The van der Waals surface area contributed by atoms with Crippen molar-refractivity contribution >= 4 is 11.9 Å². The van der Waals surface area contributed by atoms with Crippen molar-refractivity contribution in [3.05, 3.63) is 0 Å². The molecule has 0 spiro atoms. The van der Waals surface area contributed by atoms with E-state index in [1.165, 1.54) is 19.3 Å². The van der Waals surface area contributed by atoms with E-state index >= 15 is 0 Å². The van der Waals surface area contributed by atoms with Crippen molar-refractivity contribution in [3.8, 4) is 0 Å². The summed E-state index contributed by atoms with van der Waals surface area (Å²) in [6, 6.07) is 0.205. The van der Waals surface area contributed by atoms with Gasteiger partial charge in [0, 0.05) is 12.6 Å². The first-order chi connectivity index (χ1) is 10.5. The SMILES string of the molecule is CC1CCC(C(=O)O)CN1C(=O)C12CC3CC(CC(C3)C1)C2. The van der Waals surface area contributed by atoms with Gasteiger partial charge in [-0.2, -0.15) is 0 Å². The molecule has 122 valence electrons. The first kappa shape index (κ1) is 14.5. The number of piperidine rings is 1. The predicted molar refractivity (Wildman–Crippen MR) is 82.1 cm³/mol. The maximum absolute atomic E-state index is 13.4. The monoisotopic (exact) mass is 305 g/mol. The zero-order valence-corrected chi connectivity index (χ0v) is 13.5. The molecule has 5 fully saturated rings. The Morgan fingerprint density at radius 3 is 2.05 bits per heavy atom. The van der Waals surface area contributed by atoms with E-state index < -0.39 is 5.97 Å². The summed E-state index contributed by atoms with van der Waals surface area (Å²) in [5.41, 5.74) is -0.136. The van der Waals surface area contributed by atoms with Gasteiger partial charge in [0.2, 0.25) is 5.91 Å². The van der Waals surface area contributed by atoms with Crippen LogP contribution in [0.4, 0.5) is 0 Å². The van der Waals surface area contributed by atoms with E-state index in [-0.39, 0.29) is 17.4 Å². The summed E-state index contributed by atoms with van der Waals surface area (Å²) in [4.78, 5) is 26.6. The molecule has 0 aromatic carbocycles. The molecular weight excluding hydrogens is 278 g/mol. The minimum absolute atomic E-state index is 0.136. The minimum atomic E-state index is -0.741. The number of carboxylic acid groups (broad SMARTS) is 1. The fraction of sp³-hybridized carbons (Fsp3) is 0.889. The van der Waals surface area contributed by atoms with Crippen molar-refractivity contribution < 1.29 is 14.7 Å². The molecule has 1 saturated heterocycles. The maximum Gasteiger partial charge on any atom is 0.308 e.